The van der Waals surface area contributed by atoms with Gasteiger partial charge in [-0.1, -0.05) is 18.6 Å². The zero-order valence-corrected chi connectivity index (χ0v) is 14.9. The van der Waals surface area contributed by atoms with E-state index in [0.29, 0.717) is 19.6 Å². The number of carbonyl (C=O) groups excluding carboxylic acids is 1. The fraction of sp³-hybridized carbons (Fsp3) is 0.600. The Morgan fingerprint density at radius 2 is 1.85 bits per heavy atom. The number of likely N-dealkylation sites (tertiary alicyclic amines) is 2. The Bertz CT molecular complexity index is 700. The molecule has 0 bridgehead atoms. The number of fused-ring (bicyclic) bond motifs is 1. The van der Waals surface area contributed by atoms with E-state index in [0.717, 1.165) is 44.3 Å². The van der Waals surface area contributed by atoms with Crippen LogP contribution in [0.4, 0.5) is 0 Å². The quantitative estimate of drug-likeness (QED) is 0.835. The summed E-state index contributed by atoms with van der Waals surface area (Å²) in [7, 11) is 0. The number of carboxylic acid groups (broad SMARTS) is 1. The third-order valence-corrected chi connectivity index (χ3v) is 6.52. The predicted octanol–water partition coefficient (Wildman–Crippen LogP) is 1.58. The van der Waals surface area contributed by atoms with E-state index in [4.69, 9.17) is 0 Å². The lowest BCUT2D eigenvalue weighted by atomic mass is 9.81. The maximum absolute atomic E-state index is 12.5. The van der Waals surface area contributed by atoms with E-state index in [1.54, 1.807) is 12.1 Å². The number of phenolic OH excluding ortho intramolecular Hbond substituents is 1. The molecule has 2 saturated heterocycles. The van der Waals surface area contributed by atoms with Gasteiger partial charge >= 0.3 is 5.97 Å². The van der Waals surface area contributed by atoms with E-state index in [1.807, 2.05) is 17.0 Å². The molecule has 1 aromatic carbocycles. The Morgan fingerprint density at radius 3 is 2.42 bits per heavy atom. The SMILES string of the molecule is O=C(C1CCC1)N1C[C@@H]2CN(CCc3ccc(O)cc3)C[C@]2(C(=O)O)C1. The first kappa shape index (κ1) is 17.3. The molecular weight excluding hydrogens is 332 g/mol. The van der Waals surface area contributed by atoms with E-state index in [2.05, 4.69) is 4.90 Å². The average molecular weight is 358 g/mol. The van der Waals surface area contributed by atoms with Gasteiger partial charge in [0.15, 0.2) is 0 Å². The predicted molar refractivity (Wildman–Crippen MR) is 95.7 cm³/mol. The second-order valence-electron chi connectivity index (χ2n) is 8.16. The number of hydrogen-bond donors (Lipinski definition) is 2. The van der Waals surface area contributed by atoms with Gasteiger partial charge in [-0.3, -0.25) is 9.59 Å². The third-order valence-electron chi connectivity index (χ3n) is 6.52. The van der Waals surface area contributed by atoms with Gasteiger partial charge in [-0.25, -0.2) is 0 Å². The van der Waals surface area contributed by atoms with Gasteiger partial charge in [0, 0.05) is 44.6 Å². The van der Waals surface area contributed by atoms with E-state index >= 15 is 0 Å². The summed E-state index contributed by atoms with van der Waals surface area (Å²) in [6, 6.07) is 7.16. The van der Waals surface area contributed by atoms with Crippen LogP contribution in [0.3, 0.4) is 0 Å². The van der Waals surface area contributed by atoms with E-state index < -0.39 is 11.4 Å². The van der Waals surface area contributed by atoms with Crippen LogP contribution in [0.15, 0.2) is 24.3 Å². The number of phenols is 1. The van der Waals surface area contributed by atoms with Crippen LogP contribution in [0.1, 0.15) is 24.8 Å². The minimum Gasteiger partial charge on any atom is -0.508 e. The maximum atomic E-state index is 12.5. The molecule has 0 spiro atoms. The van der Waals surface area contributed by atoms with Crippen LogP contribution in [0.5, 0.6) is 5.75 Å². The van der Waals surface area contributed by atoms with Gasteiger partial charge in [0.1, 0.15) is 11.2 Å². The summed E-state index contributed by atoms with van der Waals surface area (Å²) >= 11 is 0. The number of nitrogens with zero attached hydrogens (tertiary/aromatic N) is 2. The number of rotatable bonds is 5. The first-order chi connectivity index (χ1) is 12.5. The minimum absolute atomic E-state index is 0.0174. The Balaban J connectivity index is 1.39. The fourth-order valence-electron chi connectivity index (χ4n) is 4.67. The number of carboxylic acids is 1. The van der Waals surface area contributed by atoms with Crippen molar-refractivity contribution in [3.63, 3.8) is 0 Å². The summed E-state index contributed by atoms with van der Waals surface area (Å²) in [5, 5.41) is 19.3. The Labute approximate surface area is 153 Å². The van der Waals surface area contributed by atoms with Crippen molar-refractivity contribution in [2.24, 2.45) is 17.3 Å². The highest BCUT2D eigenvalue weighted by Gasteiger charge is 2.58. The number of aliphatic carboxylic acids is 1. The zero-order valence-electron chi connectivity index (χ0n) is 14.9. The van der Waals surface area contributed by atoms with Crippen LogP contribution >= 0.6 is 0 Å². The molecule has 4 rings (SSSR count). The van der Waals surface area contributed by atoms with Gasteiger partial charge < -0.3 is 20.0 Å². The van der Waals surface area contributed by atoms with Crippen LogP contribution in [-0.4, -0.2) is 64.6 Å². The fourth-order valence-corrected chi connectivity index (χ4v) is 4.67. The van der Waals surface area contributed by atoms with Gasteiger partial charge in [-0.2, -0.15) is 0 Å². The Kier molecular flexibility index (Phi) is 4.39. The van der Waals surface area contributed by atoms with E-state index in [1.165, 1.54) is 0 Å². The second-order valence-corrected chi connectivity index (χ2v) is 8.16. The van der Waals surface area contributed by atoms with Crippen molar-refractivity contribution in [2.45, 2.75) is 25.7 Å². The average Bonchev–Trinajstić information content (AvgIpc) is 3.07. The van der Waals surface area contributed by atoms with Crippen molar-refractivity contribution < 1.29 is 19.8 Å². The van der Waals surface area contributed by atoms with Crippen molar-refractivity contribution in [1.29, 1.82) is 0 Å². The van der Waals surface area contributed by atoms with Crippen LogP contribution < -0.4 is 0 Å². The molecule has 1 saturated carbocycles. The summed E-state index contributed by atoms with van der Waals surface area (Å²) in [6.07, 6.45) is 3.86. The number of benzene rings is 1. The lowest BCUT2D eigenvalue weighted by Crippen LogP contribution is -2.44. The highest BCUT2D eigenvalue weighted by Crippen LogP contribution is 2.44. The molecule has 0 aromatic heterocycles. The van der Waals surface area contributed by atoms with Gasteiger partial charge in [0.2, 0.25) is 5.91 Å². The summed E-state index contributed by atoms with van der Waals surface area (Å²) in [5.74, 6) is -0.194. The molecule has 1 aromatic rings. The number of aromatic hydroxyl groups is 1. The summed E-state index contributed by atoms with van der Waals surface area (Å²) in [4.78, 5) is 28.7. The van der Waals surface area contributed by atoms with Crippen LogP contribution in [-0.2, 0) is 16.0 Å². The van der Waals surface area contributed by atoms with Crippen LogP contribution in [0, 0.1) is 17.3 Å². The van der Waals surface area contributed by atoms with Crippen molar-refractivity contribution >= 4 is 11.9 Å². The standard InChI is InChI=1S/C20H26N2O4/c23-17-6-4-14(5-7-17)8-9-21-10-16-11-22(18(24)15-2-1-3-15)13-20(16,12-21)19(25)26/h4-7,15-16,23H,1-3,8-13H2,(H,25,26)/t16-,20-/m0/s1. The van der Waals surface area contributed by atoms with Crippen LogP contribution in [0.25, 0.3) is 0 Å². The molecule has 0 radical (unpaired) electrons. The molecule has 6 heteroatoms. The highest BCUT2D eigenvalue weighted by molar-refractivity contribution is 5.83. The number of hydrogen-bond acceptors (Lipinski definition) is 4. The van der Waals surface area contributed by atoms with Crippen molar-refractivity contribution in [3.05, 3.63) is 29.8 Å². The Hall–Kier alpha value is -2.08. The molecule has 2 heterocycles. The van der Waals surface area contributed by atoms with Crippen molar-refractivity contribution in [1.82, 2.24) is 9.80 Å². The Morgan fingerprint density at radius 1 is 1.12 bits per heavy atom. The topological polar surface area (TPSA) is 81.1 Å². The summed E-state index contributed by atoms with van der Waals surface area (Å²) in [5.41, 5.74) is 0.319. The zero-order chi connectivity index (χ0) is 18.3. The lowest BCUT2D eigenvalue weighted by Gasteiger charge is -2.31. The maximum Gasteiger partial charge on any atom is 0.313 e. The molecule has 0 unspecified atom stereocenters. The molecule has 3 aliphatic rings. The van der Waals surface area contributed by atoms with Gasteiger partial charge in [-0.05, 0) is 37.0 Å². The normalized spacial score (nSPS) is 28.8. The molecular formula is C20H26N2O4. The number of carbonyl (C=O) groups is 2. The first-order valence-corrected chi connectivity index (χ1v) is 9.50. The highest BCUT2D eigenvalue weighted by atomic mass is 16.4. The molecule has 3 fully saturated rings. The molecule has 2 N–H and O–H groups in total. The van der Waals surface area contributed by atoms with Gasteiger partial charge in [0.05, 0.1) is 0 Å². The largest absolute Gasteiger partial charge is 0.508 e. The summed E-state index contributed by atoms with van der Waals surface area (Å²) < 4.78 is 0. The van der Waals surface area contributed by atoms with E-state index in [-0.39, 0.29) is 23.5 Å². The molecule has 6 nitrogen and oxygen atoms in total. The first-order valence-electron chi connectivity index (χ1n) is 9.50. The third kappa shape index (κ3) is 2.96. The second kappa shape index (κ2) is 6.58. The van der Waals surface area contributed by atoms with Crippen LogP contribution in [0.2, 0.25) is 0 Å². The smallest absolute Gasteiger partial charge is 0.313 e. The molecule has 26 heavy (non-hydrogen) atoms. The van der Waals surface area contributed by atoms with E-state index in [9.17, 15) is 19.8 Å². The molecule has 2 aliphatic heterocycles. The van der Waals surface area contributed by atoms with Crippen molar-refractivity contribution in [2.75, 3.05) is 32.7 Å². The lowest BCUT2D eigenvalue weighted by molar-refractivity contribution is -0.149. The monoisotopic (exact) mass is 358 g/mol. The summed E-state index contributed by atoms with van der Waals surface area (Å²) in [6.45, 7) is 2.99. The van der Waals surface area contributed by atoms with Crippen molar-refractivity contribution in [3.8, 4) is 5.75 Å². The minimum atomic E-state index is -0.811. The van der Waals surface area contributed by atoms with Gasteiger partial charge in [0.25, 0.3) is 0 Å². The van der Waals surface area contributed by atoms with Gasteiger partial charge in [-0.15, -0.1) is 0 Å². The molecule has 2 atom stereocenters. The number of amides is 1. The molecule has 1 aliphatic carbocycles. The molecule has 1 amide bonds. The molecule has 140 valence electrons.